The highest BCUT2D eigenvalue weighted by molar-refractivity contribution is 5.79. The molecule has 5 nitrogen and oxygen atoms in total. The Morgan fingerprint density at radius 3 is 2.63 bits per heavy atom. The van der Waals surface area contributed by atoms with Gasteiger partial charge in [-0.2, -0.15) is 0 Å². The third-order valence-electron chi connectivity index (χ3n) is 4.73. The van der Waals surface area contributed by atoms with Crippen molar-refractivity contribution in [2.24, 2.45) is 11.3 Å². The summed E-state index contributed by atoms with van der Waals surface area (Å²) in [4.78, 5) is 25.2. The first-order chi connectivity index (χ1) is 9.07. The van der Waals surface area contributed by atoms with E-state index in [-0.39, 0.29) is 12.6 Å². The summed E-state index contributed by atoms with van der Waals surface area (Å²) in [6.07, 6.45) is 5.66. The molecule has 5 heteroatoms. The molecule has 1 aliphatic heterocycles. The van der Waals surface area contributed by atoms with E-state index in [1.165, 1.54) is 6.42 Å². The van der Waals surface area contributed by atoms with E-state index in [0.29, 0.717) is 18.8 Å². The number of likely N-dealkylation sites (tertiary alicyclic amines) is 1. The molecule has 1 saturated heterocycles. The number of carbonyl (C=O) groups excluding carboxylic acids is 1. The summed E-state index contributed by atoms with van der Waals surface area (Å²) in [7, 11) is 0. The number of rotatable bonds is 4. The van der Waals surface area contributed by atoms with Crippen LogP contribution in [0.15, 0.2) is 0 Å². The van der Waals surface area contributed by atoms with Gasteiger partial charge in [0.25, 0.3) is 0 Å². The van der Waals surface area contributed by atoms with Gasteiger partial charge < -0.3 is 15.3 Å². The number of carboxylic acid groups (broad SMARTS) is 1. The zero-order valence-electron chi connectivity index (χ0n) is 11.7. The molecular formula is C14H24N2O3. The maximum atomic E-state index is 12.1. The van der Waals surface area contributed by atoms with Crippen LogP contribution in [-0.2, 0) is 4.79 Å². The molecule has 2 rings (SSSR count). The second-order valence-corrected chi connectivity index (χ2v) is 5.96. The lowest BCUT2D eigenvalue weighted by Crippen LogP contribution is -2.52. The van der Waals surface area contributed by atoms with E-state index in [4.69, 9.17) is 0 Å². The average molecular weight is 268 g/mol. The minimum absolute atomic E-state index is 0.0920. The van der Waals surface area contributed by atoms with Gasteiger partial charge >= 0.3 is 12.0 Å². The summed E-state index contributed by atoms with van der Waals surface area (Å²) >= 11 is 0. The van der Waals surface area contributed by atoms with Crippen LogP contribution in [0.2, 0.25) is 0 Å². The molecule has 0 aromatic heterocycles. The molecule has 1 heterocycles. The van der Waals surface area contributed by atoms with Crippen molar-refractivity contribution in [1.82, 2.24) is 10.2 Å². The summed E-state index contributed by atoms with van der Waals surface area (Å²) in [5.74, 6) is -0.180. The van der Waals surface area contributed by atoms with Gasteiger partial charge in [0.2, 0.25) is 0 Å². The molecule has 1 unspecified atom stereocenters. The predicted molar refractivity (Wildman–Crippen MR) is 71.9 cm³/mol. The van der Waals surface area contributed by atoms with Crippen molar-refractivity contribution in [3.63, 3.8) is 0 Å². The lowest BCUT2D eigenvalue weighted by molar-refractivity contribution is -0.153. The van der Waals surface area contributed by atoms with Crippen molar-refractivity contribution < 1.29 is 14.7 Å². The number of amides is 2. The topological polar surface area (TPSA) is 69.6 Å². The number of carbonyl (C=O) groups is 2. The van der Waals surface area contributed by atoms with Crippen molar-refractivity contribution in [1.29, 1.82) is 0 Å². The smallest absolute Gasteiger partial charge is 0.317 e. The van der Waals surface area contributed by atoms with Gasteiger partial charge in [0.15, 0.2) is 0 Å². The molecule has 0 aromatic carbocycles. The molecule has 0 radical (unpaired) electrons. The standard InChI is InChI=1S/C14H24N2O3/c1-2-11-5-3-8-16(9-11)13(19)15-10-14(12(17)18)6-4-7-14/h11H,2-10H2,1H3,(H,15,19)(H,17,18). The highest BCUT2D eigenvalue weighted by Gasteiger charge is 2.44. The maximum Gasteiger partial charge on any atom is 0.317 e. The predicted octanol–water partition coefficient (Wildman–Crippen LogP) is 2.07. The van der Waals surface area contributed by atoms with Crippen LogP contribution in [0.25, 0.3) is 0 Å². The highest BCUT2D eigenvalue weighted by atomic mass is 16.4. The third-order valence-corrected chi connectivity index (χ3v) is 4.73. The zero-order valence-corrected chi connectivity index (χ0v) is 11.7. The van der Waals surface area contributed by atoms with Crippen LogP contribution in [-0.4, -0.2) is 41.6 Å². The lowest BCUT2D eigenvalue weighted by atomic mass is 9.69. The summed E-state index contributed by atoms with van der Waals surface area (Å²) in [5.41, 5.74) is -0.699. The molecule has 2 aliphatic rings. The highest BCUT2D eigenvalue weighted by Crippen LogP contribution is 2.40. The normalized spacial score (nSPS) is 25.5. The molecule has 1 aliphatic carbocycles. The summed E-state index contributed by atoms with van der Waals surface area (Å²) < 4.78 is 0. The van der Waals surface area contributed by atoms with E-state index >= 15 is 0 Å². The number of nitrogens with one attached hydrogen (secondary N) is 1. The first-order valence-corrected chi connectivity index (χ1v) is 7.33. The average Bonchev–Trinajstić information content (AvgIpc) is 2.37. The van der Waals surface area contributed by atoms with Gasteiger partial charge in [-0.25, -0.2) is 4.79 Å². The Morgan fingerprint density at radius 2 is 2.11 bits per heavy atom. The number of carboxylic acids is 1. The van der Waals surface area contributed by atoms with Crippen LogP contribution >= 0.6 is 0 Å². The van der Waals surface area contributed by atoms with Gasteiger partial charge in [0.1, 0.15) is 0 Å². The molecule has 19 heavy (non-hydrogen) atoms. The van der Waals surface area contributed by atoms with Gasteiger partial charge in [0, 0.05) is 19.6 Å². The molecule has 1 atom stereocenters. The quantitative estimate of drug-likeness (QED) is 0.820. The Bertz CT molecular complexity index is 353. The van der Waals surface area contributed by atoms with Gasteiger partial charge in [0.05, 0.1) is 5.41 Å². The molecule has 2 fully saturated rings. The van der Waals surface area contributed by atoms with E-state index in [1.807, 2.05) is 4.90 Å². The van der Waals surface area contributed by atoms with Crippen LogP contribution in [0.3, 0.4) is 0 Å². The first kappa shape index (κ1) is 14.2. The largest absolute Gasteiger partial charge is 0.481 e. The number of urea groups is 1. The van der Waals surface area contributed by atoms with Gasteiger partial charge in [-0.1, -0.05) is 19.8 Å². The van der Waals surface area contributed by atoms with Gasteiger partial charge in [-0.15, -0.1) is 0 Å². The molecule has 0 aromatic rings. The minimum Gasteiger partial charge on any atom is -0.481 e. The molecular weight excluding hydrogens is 244 g/mol. The molecule has 0 bridgehead atoms. The fraction of sp³-hybridized carbons (Fsp3) is 0.857. The molecule has 108 valence electrons. The van der Waals surface area contributed by atoms with Crippen molar-refractivity contribution >= 4 is 12.0 Å². The van der Waals surface area contributed by atoms with Crippen molar-refractivity contribution in [3.8, 4) is 0 Å². The summed E-state index contributed by atoms with van der Waals surface area (Å²) in [6, 6.07) is -0.0920. The molecule has 2 N–H and O–H groups in total. The Hall–Kier alpha value is -1.26. The van der Waals surface area contributed by atoms with Crippen LogP contribution in [0.4, 0.5) is 4.79 Å². The van der Waals surface area contributed by atoms with E-state index in [2.05, 4.69) is 12.2 Å². The monoisotopic (exact) mass is 268 g/mol. The Labute approximate surface area is 114 Å². The third kappa shape index (κ3) is 3.01. The van der Waals surface area contributed by atoms with Crippen molar-refractivity contribution in [2.45, 2.75) is 45.4 Å². The van der Waals surface area contributed by atoms with Gasteiger partial charge in [-0.3, -0.25) is 4.79 Å². The van der Waals surface area contributed by atoms with E-state index in [1.54, 1.807) is 0 Å². The fourth-order valence-corrected chi connectivity index (χ4v) is 3.01. The number of piperidine rings is 1. The molecule has 2 amide bonds. The van der Waals surface area contributed by atoms with Crippen molar-refractivity contribution in [2.75, 3.05) is 19.6 Å². The number of hydrogen-bond acceptors (Lipinski definition) is 2. The fourth-order valence-electron chi connectivity index (χ4n) is 3.01. The van der Waals surface area contributed by atoms with E-state index < -0.39 is 11.4 Å². The second kappa shape index (κ2) is 5.80. The number of aliphatic carboxylic acids is 1. The number of nitrogens with zero attached hydrogens (tertiary/aromatic N) is 1. The van der Waals surface area contributed by atoms with Crippen LogP contribution < -0.4 is 5.32 Å². The molecule has 0 spiro atoms. The van der Waals surface area contributed by atoms with Crippen molar-refractivity contribution in [3.05, 3.63) is 0 Å². The van der Waals surface area contributed by atoms with Gasteiger partial charge in [-0.05, 0) is 31.6 Å². The second-order valence-electron chi connectivity index (χ2n) is 5.96. The lowest BCUT2D eigenvalue weighted by Gasteiger charge is -2.39. The van der Waals surface area contributed by atoms with E-state index in [0.717, 1.165) is 32.4 Å². The Morgan fingerprint density at radius 1 is 1.37 bits per heavy atom. The summed E-state index contributed by atoms with van der Waals surface area (Å²) in [6.45, 7) is 4.03. The Kier molecular flexibility index (Phi) is 4.32. The van der Waals surface area contributed by atoms with Crippen LogP contribution in [0, 0.1) is 11.3 Å². The molecule has 1 saturated carbocycles. The van der Waals surface area contributed by atoms with Crippen LogP contribution in [0.5, 0.6) is 0 Å². The van der Waals surface area contributed by atoms with E-state index in [9.17, 15) is 14.7 Å². The zero-order chi connectivity index (χ0) is 13.9. The van der Waals surface area contributed by atoms with Crippen LogP contribution in [0.1, 0.15) is 45.4 Å². The SMILES string of the molecule is CCC1CCCN(C(=O)NCC2(C(=O)O)CCC2)C1. The maximum absolute atomic E-state index is 12.1. The number of hydrogen-bond donors (Lipinski definition) is 2. The summed E-state index contributed by atoms with van der Waals surface area (Å²) in [5, 5.41) is 12.0. The minimum atomic E-state index is -0.774. The Balaban J connectivity index is 1.82. The first-order valence-electron chi connectivity index (χ1n) is 7.33.